The lowest BCUT2D eigenvalue weighted by Crippen LogP contribution is -2.23. The molecule has 0 spiro atoms. The third-order valence-corrected chi connectivity index (χ3v) is 4.42. The van der Waals surface area contributed by atoms with Crippen molar-refractivity contribution in [3.05, 3.63) is 32.7 Å². The molecule has 1 aromatic rings. The summed E-state index contributed by atoms with van der Waals surface area (Å²) in [6.45, 7) is 3.32. The van der Waals surface area contributed by atoms with Gasteiger partial charge < -0.3 is 5.32 Å². The van der Waals surface area contributed by atoms with Crippen LogP contribution in [0.4, 0.5) is 0 Å². The van der Waals surface area contributed by atoms with Gasteiger partial charge in [0.05, 0.1) is 0 Å². The molecule has 17 heavy (non-hydrogen) atoms. The first-order chi connectivity index (χ1) is 8.20. The van der Waals surface area contributed by atoms with Crippen molar-refractivity contribution in [2.75, 3.05) is 6.54 Å². The fourth-order valence-corrected chi connectivity index (χ4v) is 3.43. The summed E-state index contributed by atoms with van der Waals surface area (Å²) >= 11 is 7.19. The molecule has 0 heterocycles. The minimum atomic E-state index is 0.505. The van der Waals surface area contributed by atoms with Gasteiger partial charge in [0, 0.05) is 15.0 Å². The SMILES string of the molecule is CCCNC(CC1CC1)c1ccc(Br)cc1Br. The molecule has 1 nitrogen and oxygen atoms in total. The molecular formula is C14H19Br2N. The van der Waals surface area contributed by atoms with Crippen molar-refractivity contribution in [3.8, 4) is 0 Å². The molecule has 0 radical (unpaired) electrons. The maximum atomic E-state index is 3.68. The van der Waals surface area contributed by atoms with E-state index < -0.39 is 0 Å². The van der Waals surface area contributed by atoms with Crippen molar-refractivity contribution in [1.29, 1.82) is 0 Å². The molecule has 1 aromatic carbocycles. The van der Waals surface area contributed by atoms with Gasteiger partial charge in [0.1, 0.15) is 0 Å². The van der Waals surface area contributed by atoms with Gasteiger partial charge >= 0.3 is 0 Å². The standard InChI is InChI=1S/C14H19Br2N/c1-2-7-17-14(8-10-3-4-10)12-6-5-11(15)9-13(12)16/h5-6,9-10,14,17H,2-4,7-8H2,1H3. The van der Waals surface area contributed by atoms with Crippen LogP contribution >= 0.6 is 31.9 Å². The van der Waals surface area contributed by atoms with Gasteiger partial charge in [0.15, 0.2) is 0 Å². The molecule has 1 N–H and O–H groups in total. The highest BCUT2D eigenvalue weighted by Crippen LogP contribution is 2.39. The van der Waals surface area contributed by atoms with E-state index >= 15 is 0 Å². The Bertz CT molecular complexity index is 374. The second kappa shape index (κ2) is 6.35. The van der Waals surface area contributed by atoms with Crippen molar-refractivity contribution < 1.29 is 0 Å². The summed E-state index contributed by atoms with van der Waals surface area (Å²) in [7, 11) is 0. The zero-order chi connectivity index (χ0) is 12.3. The van der Waals surface area contributed by atoms with Crippen molar-refractivity contribution in [2.24, 2.45) is 5.92 Å². The zero-order valence-corrected chi connectivity index (χ0v) is 13.4. The molecule has 0 aromatic heterocycles. The van der Waals surface area contributed by atoms with E-state index in [1.807, 2.05) is 0 Å². The Kier molecular flexibility index (Phi) is 5.07. The van der Waals surface area contributed by atoms with E-state index in [-0.39, 0.29) is 0 Å². The van der Waals surface area contributed by atoms with Gasteiger partial charge in [0.25, 0.3) is 0 Å². The molecule has 1 fully saturated rings. The first kappa shape index (κ1) is 13.6. The molecule has 0 aliphatic heterocycles. The Morgan fingerprint density at radius 3 is 2.71 bits per heavy atom. The molecule has 1 atom stereocenters. The van der Waals surface area contributed by atoms with Crippen LogP contribution in [0.3, 0.4) is 0 Å². The Labute approximate surface area is 121 Å². The summed E-state index contributed by atoms with van der Waals surface area (Å²) < 4.78 is 2.34. The maximum absolute atomic E-state index is 3.68. The van der Waals surface area contributed by atoms with Crippen LogP contribution in [-0.2, 0) is 0 Å². The van der Waals surface area contributed by atoms with Crippen molar-refractivity contribution in [1.82, 2.24) is 5.32 Å². The average molecular weight is 361 g/mol. The van der Waals surface area contributed by atoms with E-state index in [0.717, 1.165) is 16.9 Å². The molecule has 1 unspecified atom stereocenters. The van der Waals surface area contributed by atoms with Gasteiger partial charge in [0.2, 0.25) is 0 Å². The van der Waals surface area contributed by atoms with Gasteiger partial charge in [-0.3, -0.25) is 0 Å². The Morgan fingerprint density at radius 2 is 2.12 bits per heavy atom. The maximum Gasteiger partial charge on any atom is 0.0334 e. The molecule has 1 aliphatic carbocycles. The van der Waals surface area contributed by atoms with E-state index in [0.29, 0.717) is 6.04 Å². The number of benzene rings is 1. The van der Waals surface area contributed by atoms with Crippen LogP contribution in [0.1, 0.15) is 44.2 Å². The van der Waals surface area contributed by atoms with Gasteiger partial charge in [-0.05, 0) is 43.0 Å². The van der Waals surface area contributed by atoms with Crippen molar-refractivity contribution in [3.63, 3.8) is 0 Å². The molecule has 1 aliphatic rings. The average Bonchev–Trinajstić information content (AvgIpc) is 3.08. The highest BCUT2D eigenvalue weighted by Gasteiger charge is 2.26. The Morgan fingerprint density at radius 1 is 1.35 bits per heavy atom. The van der Waals surface area contributed by atoms with Gasteiger partial charge in [-0.15, -0.1) is 0 Å². The molecule has 2 rings (SSSR count). The van der Waals surface area contributed by atoms with Crippen LogP contribution in [0, 0.1) is 5.92 Å². The van der Waals surface area contributed by atoms with Crippen LogP contribution in [0.2, 0.25) is 0 Å². The van der Waals surface area contributed by atoms with Crippen LogP contribution in [-0.4, -0.2) is 6.54 Å². The van der Waals surface area contributed by atoms with E-state index in [1.54, 1.807) is 0 Å². The zero-order valence-electron chi connectivity index (χ0n) is 10.2. The van der Waals surface area contributed by atoms with Crippen LogP contribution in [0.25, 0.3) is 0 Å². The minimum absolute atomic E-state index is 0.505. The lowest BCUT2D eigenvalue weighted by molar-refractivity contribution is 0.472. The smallest absolute Gasteiger partial charge is 0.0334 e. The Hall–Kier alpha value is 0.140. The summed E-state index contributed by atoms with van der Waals surface area (Å²) in [6.07, 6.45) is 5.30. The second-order valence-electron chi connectivity index (χ2n) is 4.85. The normalized spacial score (nSPS) is 17.1. The largest absolute Gasteiger partial charge is 0.310 e. The molecule has 3 heteroatoms. The first-order valence-electron chi connectivity index (χ1n) is 6.39. The third-order valence-electron chi connectivity index (χ3n) is 3.24. The monoisotopic (exact) mass is 359 g/mol. The molecule has 94 valence electrons. The summed E-state index contributed by atoms with van der Waals surface area (Å²) in [4.78, 5) is 0. The van der Waals surface area contributed by atoms with Crippen LogP contribution < -0.4 is 5.32 Å². The molecule has 0 amide bonds. The van der Waals surface area contributed by atoms with Gasteiger partial charge in [-0.25, -0.2) is 0 Å². The van der Waals surface area contributed by atoms with Crippen molar-refractivity contribution >= 4 is 31.9 Å². The lowest BCUT2D eigenvalue weighted by Gasteiger charge is -2.20. The van der Waals surface area contributed by atoms with E-state index in [2.05, 4.69) is 62.3 Å². The molecule has 1 saturated carbocycles. The second-order valence-corrected chi connectivity index (χ2v) is 6.62. The molecular weight excluding hydrogens is 342 g/mol. The quantitative estimate of drug-likeness (QED) is 0.748. The predicted molar refractivity (Wildman–Crippen MR) is 80.2 cm³/mol. The number of halogens is 2. The number of hydrogen-bond acceptors (Lipinski definition) is 1. The summed E-state index contributed by atoms with van der Waals surface area (Å²) in [5, 5.41) is 3.67. The van der Waals surface area contributed by atoms with Gasteiger partial charge in [-0.2, -0.15) is 0 Å². The summed E-state index contributed by atoms with van der Waals surface area (Å²) in [5.74, 6) is 0.944. The van der Waals surface area contributed by atoms with Crippen LogP contribution in [0.15, 0.2) is 27.1 Å². The first-order valence-corrected chi connectivity index (χ1v) is 7.97. The third kappa shape index (κ3) is 4.08. The number of nitrogens with one attached hydrogen (secondary N) is 1. The topological polar surface area (TPSA) is 12.0 Å². The van der Waals surface area contributed by atoms with E-state index in [4.69, 9.17) is 0 Å². The Balaban J connectivity index is 2.11. The fraction of sp³-hybridized carbons (Fsp3) is 0.571. The predicted octanol–water partition coefficient (Wildman–Crippen LogP) is 5.05. The van der Waals surface area contributed by atoms with Crippen LogP contribution in [0.5, 0.6) is 0 Å². The molecule has 0 saturated heterocycles. The number of hydrogen-bond donors (Lipinski definition) is 1. The van der Waals surface area contributed by atoms with Gasteiger partial charge in [-0.1, -0.05) is 57.7 Å². The molecule has 0 bridgehead atoms. The summed E-state index contributed by atoms with van der Waals surface area (Å²) in [6, 6.07) is 7.00. The highest BCUT2D eigenvalue weighted by molar-refractivity contribution is 9.11. The fourth-order valence-electron chi connectivity index (χ4n) is 2.11. The van der Waals surface area contributed by atoms with E-state index in [9.17, 15) is 0 Å². The van der Waals surface area contributed by atoms with E-state index in [1.165, 1.54) is 35.7 Å². The minimum Gasteiger partial charge on any atom is -0.310 e. The summed E-state index contributed by atoms with van der Waals surface area (Å²) in [5.41, 5.74) is 1.40. The lowest BCUT2D eigenvalue weighted by atomic mass is 10.0. The number of rotatable bonds is 6. The highest BCUT2D eigenvalue weighted by atomic mass is 79.9. The van der Waals surface area contributed by atoms with Crippen molar-refractivity contribution in [2.45, 2.75) is 38.6 Å².